The van der Waals surface area contributed by atoms with E-state index in [4.69, 9.17) is 4.74 Å². The highest BCUT2D eigenvalue weighted by atomic mass is 32.2. The Hall–Kier alpha value is -2.32. The monoisotopic (exact) mass is 336 g/mol. The average molecular weight is 336 g/mol. The molecule has 0 unspecified atom stereocenters. The Morgan fingerprint density at radius 3 is 2.77 bits per heavy atom. The van der Waals surface area contributed by atoms with Gasteiger partial charge in [0.2, 0.25) is 0 Å². The molecule has 22 heavy (non-hydrogen) atoms. The summed E-state index contributed by atoms with van der Waals surface area (Å²) < 4.78 is 33.0. The van der Waals surface area contributed by atoms with Gasteiger partial charge in [0.25, 0.3) is 10.0 Å². The summed E-state index contributed by atoms with van der Waals surface area (Å²) in [7, 11) is -2.23. The van der Waals surface area contributed by atoms with Crippen LogP contribution >= 0.6 is 11.3 Å². The number of H-pyrrole nitrogens is 1. The minimum Gasteiger partial charge on any atom is -0.497 e. The van der Waals surface area contributed by atoms with Gasteiger partial charge in [-0.25, -0.2) is 8.42 Å². The number of aromatic nitrogens is 1. The second-order valence-corrected chi connectivity index (χ2v) is 7.21. The molecule has 0 spiro atoms. The summed E-state index contributed by atoms with van der Waals surface area (Å²) in [5.41, 5.74) is 1.03. The zero-order valence-electron chi connectivity index (χ0n) is 11.5. The van der Waals surface area contributed by atoms with Crippen molar-refractivity contribution in [3.8, 4) is 5.75 Å². The zero-order valence-corrected chi connectivity index (χ0v) is 13.1. The van der Waals surface area contributed by atoms with E-state index >= 15 is 0 Å². The summed E-state index contributed by atoms with van der Waals surface area (Å²) >= 11 is 0.971. The maximum atomic E-state index is 12.4. The van der Waals surface area contributed by atoms with Crippen LogP contribution in [0.4, 0.5) is 5.69 Å². The zero-order chi connectivity index (χ0) is 15.7. The molecule has 6 nitrogen and oxygen atoms in total. The summed E-state index contributed by atoms with van der Waals surface area (Å²) in [6.45, 7) is 0. The molecular weight excluding hydrogens is 324 g/mol. The van der Waals surface area contributed by atoms with Gasteiger partial charge >= 0.3 is 4.87 Å². The molecule has 3 rings (SSSR count). The lowest BCUT2D eigenvalue weighted by atomic mass is 10.3. The van der Waals surface area contributed by atoms with Crippen LogP contribution in [0.1, 0.15) is 0 Å². The van der Waals surface area contributed by atoms with Crippen molar-refractivity contribution >= 4 is 37.3 Å². The minimum atomic E-state index is -3.74. The number of anilines is 1. The molecule has 0 atom stereocenters. The Labute approximate surface area is 130 Å². The van der Waals surface area contributed by atoms with Crippen molar-refractivity contribution in [3.05, 3.63) is 52.1 Å². The van der Waals surface area contributed by atoms with Crippen LogP contribution in [-0.2, 0) is 10.0 Å². The third kappa shape index (κ3) is 2.83. The van der Waals surface area contributed by atoms with Gasteiger partial charge in [-0.1, -0.05) is 17.4 Å². The van der Waals surface area contributed by atoms with Crippen LogP contribution in [0, 0.1) is 0 Å². The van der Waals surface area contributed by atoms with Crippen molar-refractivity contribution in [3.63, 3.8) is 0 Å². The molecule has 0 fully saturated rings. The molecule has 0 aliphatic carbocycles. The van der Waals surface area contributed by atoms with Gasteiger partial charge in [-0.15, -0.1) is 0 Å². The molecule has 0 amide bonds. The van der Waals surface area contributed by atoms with E-state index < -0.39 is 10.0 Å². The van der Waals surface area contributed by atoms with Crippen LogP contribution in [0.5, 0.6) is 5.75 Å². The van der Waals surface area contributed by atoms with E-state index in [2.05, 4.69) is 9.71 Å². The number of fused-ring (bicyclic) bond motifs is 1. The third-order valence-corrected chi connectivity index (χ3v) is 5.25. The second-order valence-electron chi connectivity index (χ2n) is 4.51. The van der Waals surface area contributed by atoms with Crippen molar-refractivity contribution in [1.82, 2.24) is 4.98 Å². The van der Waals surface area contributed by atoms with E-state index in [9.17, 15) is 13.2 Å². The van der Waals surface area contributed by atoms with Crippen molar-refractivity contribution in [1.29, 1.82) is 0 Å². The van der Waals surface area contributed by atoms with E-state index in [1.165, 1.54) is 19.2 Å². The SMILES string of the molecule is COc1cccc(NS(=O)(=O)c2ccc3[nH]c(=O)sc3c2)c1. The lowest BCUT2D eigenvalue weighted by Gasteiger charge is -2.09. The van der Waals surface area contributed by atoms with Crippen molar-refractivity contribution < 1.29 is 13.2 Å². The molecule has 3 aromatic rings. The summed E-state index contributed by atoms with van der Waals surface area (Å²) in [4.78, 5) is 13.8. The molecule has 1 aromatic heterocycles. The third-order valence-electron chi connectivity index (χ3n) is 3.02. The number of sulfonamides is 1. The van der Waals surface area contributed by atoms with Crippen LogP contribution in [0.3, 0.4) is 0 Å². The molecule has 2 aromatic carbocycles. The van der Waals surface area contributed by atoms with Crippen molar-refractivity contribution in [2.45, 2.75) is 4.90 Å². The van der Waals surface area contributed by atoms with Crippen molar-refractivity contribution in [2.75, 3.05) is 11.8 Å². The number of benzene rings is 2. The van der Waals surface area contributed by atoms with Gasteiger partial charge in [0.1, 0.15) is 5.75 Å². The standard InChI is InChI=1S/C14H12N2O4S2/c1-20-10-4-2-3-9(7-10)16-22(18,19)11-5-6-12-13(8-11)21-14(17)15-12/h2-8,16H,1H3,(H,15,17). The minimum absolute atomic E-state index is 0.0954. The van der Waals surface area contributed by atoms with Gasteiger partial charge in [-0.05, 0) is 30.3 Å². The molecular formula is C14H12N2O4S2. The predicted octanol–water partition coefficient (Wildman–Crippen LogP) is 2.40. The molecule has 0 aliphatic rings. The molecule has 1 heterocycles. The normalized spacial score (nSPS) is 11.5. The first-order valence-corrected chi connectivity index (χ1v) is 8.58. The quantitative estimate of drug-likeness (QED) is 0.766. The summed E-state index contributed by atoms with van der Waals surface area (Å²) in [5, 5.41) is 0. The van der Waals surface area contributed by atoms with Crippen LogP contribution in [0.25, 0.3) is 10.2 Å². The van der Waals surface area contributed by atoms with Crippen LogP contribution in [0.15, 0.2) is 52.2 Å². The Morgan fingerprint density at radius 2 is 2.00 bits per heavy atom. The van der Waals surface area contributed by atoms with Gasteiger partial charge in [0.05, 0.1) is 27.9 Å². The molecule has 0 saturated heterocycles. The maximum Gasteiger partial charge on any atom is 0.305 e. The topological polar surface area (TPSA) is 88.3 Å². The summed E-state index contributed by atoms with van der Waals surface area (Å²) in [6, 6.07) is 11.1. The molecule has 114 valence electrons. The number of rotatable bonds is 4. The predicted molar refractivity (Wildman–Crippen MR) is 86.2 cm³/mol. The highest BCUT2D eigenvalue weighted by molar-refractivity contribution is 7.92. The fraction of sp³-hybridized carbons (Fsp3) is 0.0714. The summed E-state index contributed by atoms with van der Waals surface area (Å²) in [5.74, 6) is 0.555. The molecule has 0 aliphatic heterocycles. The smallest absolute Gasteiger partial charge is 0.305 e. The van der Waals surface area contributed by atoms with Crippen LogP contribution < -0.4 is 14.3 Å². The van der Waals surface area contributed by atoms with E-state index in [0.717, 1.165) is 11.3 Å². The molecule has 0 radical (unpaired) electrons. The fourth-order valence-corrected chi connectivity index (χ4v) is 3.92. The Morgan fingerprint density at radius 1 is 1.18 bits per heavy atom. The van der Waals surface area contributed by atoms with Gasteiger partial charge < -0.3 is 9.72 Å². The van der Waals surface area contributed by atoms with E-state index in [-0.39, 0.29) is 9.77 Å². The first-order valence-electron chi connectivity index (χ1n) is 6.28. The number of ether oxygens (including phenoxy) is 1. The largest absolute Gasteiger partial charge is 0.497 e. The Kier molecular flexibility index (Phi) is 3.63. The first-order chi connectivity index (χ1) is 10.5. The number of aromatic amines is 1. The van der Waals surface area contributed by atoms with Gasteiger partial charge in [-0.2, -0.15) is 0 Å². The summed E-state index contributed by atoms with van der Waals surface area (Å²) in [6.07, 6.45) is 0. The molecule has 8 heteroatoms. The lowest BCUT2D eigenvalue weighted by Crippen LogP contribution is -2.12. The average Bonchev–Trinajstić information content (AvgIpc) is 2.86. The van der Waals surface area contributed by atoms with Gasteiger partial charge in [0.15, 0.2) is 0 Å². The van der Waals surface area contributed by atoms with Crippen molar-refractivity contribution in [2.24, 2.45) is 0 Å². The van der Waals surface area contributed by atoms with E-state index in [0.29, 0.717) is 21.7 Å². The number of methoxy groups -OCH3 is 1. The van der Waals surface area contributed by atoms with Gasteiger partial charge in [-0.3, -0.25) is 9.52 Å². The number of hydrogen-bond donors (Lipinski definition) is 2. The first kappa shape index (κ1) is 14.6. The number of thiazole rings is 1. The number of nitrogens with one attached hydrogen (secondary N) is 2. The Balaban J connectivity index is 1.98. The van der Waals surface area contributed by atoms with Crippen LogP contribution in [-0.4, -0.2) is 20.5 Å². The molecule has 2 N–H and O–H groups in total. The van der Waals surface area contributed by atoms with E-state index in [1.807, 2.05) is 0 Å². The number of hydrogen-bond acceptors (Lipinski definition) is 5. The maximum absolute atomic E-state index is 12.4. The fourth-order valence-electron chi connectivity index (χ4n) is 1.99. The Bertz CT molecular complexity index is 989. The molecule has 0 saturated carbocycles. The second kappa shape index (κ2) is 5.47. The van der Waals surface area contributed by atoms with Gasteiger partial charge in [0, 0.05) is 6.07 Å². The van der Waals surface area contributed by atoms with E-state index in [1.54, 1.807) is 30.3 Å². The highest BCUT2D eigenvalue weighted by Crippen LogP contribution is 2.23. The lowest BCUT2D eigenvalue weighted by molar-refractivity contribution is 0.415. The molecule has 0 bridgehead atoms. The highest BCUT2D eigenvalue weighted by Gasteiger charge is 2.15. The van der Waals surface area contributed by atoms with Crippen LogP contribution in [0.2, 0.25) is 0 Å².